The van der Waals surface area contributed by atoms with Gasteiger partial charge in [0.2, 0.25) is 5.91 Å². The summed E-state index contributed by atoms with van der Waals surface area (Å²) in [7, 11) is 0. The summed E-state index contributed by atoms with van der Waals surface area (Å²) >= 11 is 0. The van der Waals surface area contributed by atoms with Crippen molar-refractivity contribution in [3.63, 3.8) is 0 Å². The number of amides is 2. The van der Waals surface area contributed by atoms with Gasteiger partial charge >= 0.3 is 0 Å². The Balaban J connectivity index is 1.87. The number of aryl methyl sites for hydroxylation is 1. The number of nitrogens with zero attached hydrogens (tertiary/aromatic N) is 2. The molecule has 32 heavy (non-hydrogen) atoms. The summed E-state index contributed by atoms with van der Waals surface area (Å²) in [5.41, 5.74) is 10.4. The third-order valence-electron chi connectivity index (χ3n) is 5.17. The molecule has 2 aromatic rings. The fourth-order valence-corrected chi connectivity index (χ4v) is 3.78. The summed E-state index contributed by atoms with van der Waals surface area (Å²) in [6, 6.07) is 12.9. The first-order valence-electron chi connectivity index (χ1n) is 11.1. The maximum Gasteiger partial charge on any atom is 0.255 e. The topological polar surface area (TPSA) is 87.8 Å². The summed E-state index contributed by atoms with van der Waals surface area (Å²) < 4.78 is 0. The van der Waals surface area contributed by atoms with E-state index in [1.165, 1.54) is 0 Å². The van der Waals surface area contributed by atoms with Gasteiger partial charge in [0.25, 0.3) is 5.91 Å². The quantitative estimate of drug-likeness (QED) is 0.651. The van der Waals surface area contributed by atoms with Crippen LogP contribution in [0, 0.1) is 12.8 Å². The molecule has 0 saturated carbocycles. The third-order valence-corrected chi connectivity index (χ3v) is 5.17. The van der Waals surface area contributed by atoms with Crippen LogP contribution >= 0.6 is 0 Å². The predicted molar refractivity (Wildman–Crippen MR) is 131 cm³/mol. The summed E-state index contributed by atoms with van der Waals surface area (Å²) in [4.78, 5) is 32.4. The molecule has 3 rings (SSSR count). The van der Waals surface area contributed by atoms with E-state index in [0.29, 0.717) is 41.7 Å². The van der Waals surface area contributed by atoms with Crippen LogP contribution in [0.4, 0.5) is 11.4 Å². The lowest BCUT2D eigenvalue weighted by atomic mass is 10.0. The summed E-state index contributed by atoms with van der Waals surface area (Å²) in [5.74, 6) is 0.515. The van der Waals surface area contributed by atoms with E-state index in [0.717, 1.165) is 23.2 Å². The van der Waals surface area contributed by atoms with Crippen LogP contribution in [-0.2, 0) is 4.79 Å². The number of aliphatic imine (C=N–C) groups is 1. The van der Waals surface area contributed by atoms with Crippen molar-refractivity contribution in [3.8, 4) is 0 Å². The van der Waals surface area contributed by atoms with E-state index in [2.05, 4.69) is 31.1 Å². The van der Waals surface area contributed by atoms with E-state index in [1.807, 2.05) is 48.2 Å². The lowest BCUT2D eigenvalue weighted by molar-refractivity contribution is -0.127. The minimum absolute atomic E-state index is 0.00665. The minimum Gasteiger partial charge on any atom is -0.387 e. The Labute approximate surface area is 190 Å². The number of rotatable bonds is 7. The fourth-order valence-electron chi connectivity index (χ4n) is 3.78. The third kappa shape index (κ3) is 5.84. The normalized spacial score (nSPS) is 13.0. The van der Waals surface area contributed by atoms with E-state index >= 15 is 0 Å². The number of nitrogens with two attached hydrogens (primary N) is 1. The first kappa shape index (κ1) is 23.3. The Bertz CT molecular complexity index is 1070. The molecule has 1 heterocycles. The van der Waals surface area contributed by atoms with Crippen molar-refractivity contribution < 1.29 is 9.59 Å². The van der Waals surface area contributed by atoms with E-state index in [-0.39, 0.29) is 18.2 Å². The molecule has 2 amide bonds. The zero-order chi connectivity index (χ0) is 23.3. The van der Waals surface area contributed by atoms with Gasteiger partial charge in [-0.15, -0.1) is 0 Å². The van der Waals surface area contributed by atoms with Gasteiger partial charge in [0, 0.05) is 41.9 Å². The van der Waals surface area contributed by atoms with Gasteiger partial charge in [-0.25, -0.2) is 4.99 Å². The van der Waals surface area contributed by atoms with Gasteiger partial charge in [0.1, 0.15) is 5.84 Å². The van der Waals surface area contributed by atoms with Crippen molar-refractivity contribution in [1.29, 1.82) is 0 Å². The lowest BCUT2D eigenvalue weighted by Crippen LogP contribution is -2.36. The molecule has 1 aliphatic heterocycles. The molecular formula is C26H32N4O2. The first-order chi connectivity index (χ1) is 15.3. The SMILES string of the molecule is CCCN(CC(C)C)C(=O)C1=Cc2ccc(C(=O)Nc3cccc(C)c3)cc2N=C(N)C1. The molecule has 0 atom stereocenters. The Hall–Kier alpha value is -3.41. The Kier molecular flexibility index (Phi) is 7.46. The van der Waals surface area contributed by atoms with Crippen LogP contribution in [0.5, 0.6) is 0 Å². The van der Waals surface area contributed by atoms with Crippen molar-refractivity contribution in [2.75, 3.05) is 18.4 Å². The van der Waals surface area contributed by atoms with Crippen molar-refractivity contribution in [1.82, 2.24) is 4.90 Å². The molecular weight excluding hydrogens is 400 g/mol. The van der Waals surface area contributed by atoms with Crippen molar-refractivity contribution in [2.45, 2.75) is 40.5 Å². The fraction of sp³-hybridized carbons (Fsp3) is 0.346. The molecule has 0 saturated heterocycles. The van der Waals surface area contributed by atoms with Crippen LogP contribution in [0.3, 0.4) is 0 Å². The van der Waals surface area contributed by atoms with Crippen LogP contribution in [0.15, 0.2) is 53.0 Å². The molecule has 0 aromatic heterocycles. The molecule has 168 valence electrons. The van der Waals surface area contributed by atoms with Gasteiger partial charge in [-0.05, 0) is 55.2 Å². The highest BCUT2D eigenvalue weighted by Crippen LogP contribution is 2.29. The Morgan fingerprint density at radius 1 is 1.19 bits per heavy atom. The van der Waals surface area contributed by atoms with E-state index < -0.39 is 0 Å². The Morgan fingerprint density at radius 2 is 1.97 bits per heavy atom. The van der Waals surface area contributed by atoms with E-state index in [4.69, 9.17) is 5.73 Å². The second-order valence-electron chi connectivity index (χ2n) is 8.69. The maximum atomic E-state index is 13.2. The summed E-state index contributed by atoms with van der Waals surface area (Å²) in [6.07, 6.45) is 3.04. The average Bonchev–Trinajstić information content (AvgIpc) is 2.89. The molecule has 6 nitrogen and oxygen atoms in total. The number of carbonyl (C=O) groups is 2. The van der Waals surface area contributed by atoms with Crippen LogP contribution in [0.25, 0.3) is 6.08 Å². The second-order valence-corrected chi connectivity index (χ2v) is 8.69. The average molecular weight is 433 g/mol. The number of amidine groups is 1. The number of fused-ring (bicyclic) bond motifs is 1. The second kappa shape index (κ2) is 10.3. The number of anilines is 1. The monoisotopic (exact) mass is 432 g/mol. The lowest BCUT2D eigenvalue weighted by Gasteiger charge is -2.25. The highest BCUT2D eigenvalue weighted by Gasteiger charge is 2.22. The zero-order valence-electron chi connectivity index (χ0n) is 19.3. The summed E-state index contributed by atoms with van der Waals surface area (Å²) in [5, 5.41) is 2.91. The molecule has 0 spiro atoms. The number of benzene rings is 2. The van der Waals surface area contributed by atoms with Crippen LogP contribution in [0.2, 0.25) is 0 Å². The van der Waals surface area contributed by atoms with Gasteiger partial charge in [-0.2, -0.15) is 0 Å². The van der Waals surface area contributed by atoms with Crippen LogP contribution in [-0.4, -0.2) is 35.6 Å². The molecule has 1 aliphatic rings. The van der Waals surface area contributed by atoms with Gasteiger partial charge in [0.15, 0.2) is 0 Å². The molecule has 2 aromatic carbocycles. The number of carbonyl (C=O) groups excluding carboxylic acids is 2. The van der Waals surface area contributed by atoms with Crippen molar-refractivity contribution >= 4 is 35.1 Å². The molecule has 0 radical (unpaired) electrons. The molecule has 6 heteroatoms. The van der Waals surface area contributed by atoms with Crippen molar-refractivity contribution in [3.05, 3.63) is 64.7 Å². The van der Waals surface area contributed by atoms with E-state index in [1.54, 1.807) is 12.1 Å². The molecule has 3 N–H and O–H groups in total. The van der Waals surface area contributed by atoms with Gasteiger partial charge in [0.05, 0.1) is 5.69 Å². The molecule has 0 bridgehead atoms. The minimum atomic E-state index is -0.220. The Morgan fingerprint density at radius 3 is 2.66 bits per heavy atom. The van der Waals surface area contributed by atoms with Crippen molar-refractivity contribution in [2.24, 2.45) is 16.6 Å². The van der Waals surface area contributed by atoms with Gasteiger partial charge < -0.3 is 16.0 Å². The highest BCUT2D eigenvalue weighted by molar-refractivity contribution is 6.07. The van der Waals surface area contributed by atoms with Gasteiger partial charge in [-0.3, -0.25) is 9.59 Å². The van der Waals surface area contributed by atoms with Crippen LogP contribution in [0.1, 0.15) is 55.1 Å². The standard InChI is InChI=1S/C26H32N4O2/c1-5-11-30(16-17(2)3)26(32)21-13-19-9-10-20(14-23(19)29-24(27)15-21)25(31)28-22-8-6-7-18(4)12-22/h6-10,12-14,17H,5,11,15-16H2,1-4H3,(H2,27,29)(H,28,31). The summed E-state index contributed by atoms with van der Waals surface area (Å²) in [6.45, 7) is 9.65. The zero-order valence-corrected chi connectivity index (χ0v) is 19.3. The smallest absolute Gasteiger partial charge is 0.255 e. The molecule has 0 aliphatic carbocycles. The highest BCUT2D eigenvalue weighted by atomic mass is 16.2. The van der Waals surface area contributed by atoms with Gasteiger partial charge in [-0.1, -0.05) is 39.0 Å². The van der Waals surface area contributed by atoms with E-state index in [9.17, 15) is 9.59 Å². The predicted octanol–water partition coefficient (Wildman–Crippen LogP) is 4.92. The maximum absolute atomic E-state index is 13.2. The first-order valence-corrected chi connectivity index (χ1v) is 11.1. The number of nitrogens with one attached hydrogen (secondary N) is 1. The number of hydrogen-bond donors (Lipinski definition) is 2. The van der Waals surface area contributed by atoms with Crippen LogP contribution < -0.4 is 11.1 Å². The largest absolute Gasteiger partial charge is 0.387 e. The molecule has 0 fully saturated rings. The number of hydrogen-bond acceptors (Lipinski definition) is 4. The molecule has 0 unspecified atom stereocenters.